The van der Waals surface area contributed by atoms with Gasteiger partial charge in [-0.25, -0.2) is 4.98 Å². The van der Waals surface area contributed by atoms with Crippen LogP contribution >= 0.6 is 31.9 Å². The SMILES string of the molecule is Brc1ccc2nc(CNCc3ccccc3Br)cn2c1. The Kier molecular flexibility index (Phi) is 4.19. The Labute approximate surface area is 134 Å². The second kappa shape index (κ2) is 6.08. The molecule has 20 heavy (non-hydrogen) atoms. The fourth-order valence-corrected chi connectivity index (χ4v) is 2.85. The van der Waals surface area contributed by atoms with E-state index in [0.29, 0.717) is 0 Å². The van der Waals surface area contributed by atoms with Gasteiger partial charge in [-0.3, -0.25) is 0 Å². The Bertz CT molecular complexity index is 737. The highest BCUT2D eigenvalue weighted by Gasteiger charge is 2.03. The Morgan fingerprint density at radius 1 is 1.00 bits per heavy atom. The first kappa shape index (κ1) is 13.8. The largest absolute Gasteiger partial charge is 0.307 e. The lowest BCUT2D eigenvalue weighted by Crippen LogP contribution is -2.13. The van der Waals surface area contributed by atoms with Gasteiger partial charge in [0.05, 0.1) is 5.69 Å². The lowest BCUT2D eigenvalue weighted by molar-refractivity contribution is 0.681. The number of nitrogens with one attached hydrogen (secondary N) is 1. The average molecular weight is 395 g/mol. The van der Waals surface area contributed by atoms with Crippen LogP contribution in [0.1, 0.15) is 11.3 Å². The Hall–Kier alpha value is -1.17. The van der Waals surface area contributed by atoms with E-state index in [9.17, 15) is 0 Å². The Balaban J connectivity index is 1.67. The number of rotatable bonds is 4. The van der Waals surface area contributed by atoms with Crippen molar-refractivity contribution >= 4 is 37.5 Å². The third kappa shape index (κ3) is 3.11. The van der Waals surface area contributed by atoms with Crippen LogP contribution in [0.4, 0.5) is 0 Å². The molecule has 0 radical (unpaired) electrons. The minimum absolute atomic E-state index is 0.751. The highest BCUT2D eigenvalue weighted by molar-refractivity contribution is 9.10. The molecule has 0 aliphatic rings. The number of aromatic nitrogens is 2. The van der Waals surface area contributed by atoms with Crippen LogP contribution in [0.2, 0.25) is 0 Å². The molecular weight excluding hydrogens is 382 g/mol. The van der Waals surface area contributed by atoms with E-state index in [1.807, 2.05) is 41.1 Å². The van der Waals surface area contributed by atoms with E-state index < -0.39 is 0 Å². The van der Waals surface area contributed by atoms with Gasteiger partial charge in [0.25, 0.3) is 0 Å². The molecule has 1 aromatic carbocycles. The van der Waals surface area contributed by atoms with E-state index in [4.69, 9.17) is 0 Å². The fraction of sp³-hybridized carbons (Fsp3) is 0.133. The smallest absolute Gasteiger partial charge is 0.137 e. The van der Waals surface area contributed by atoms with Crippen molar-refractivity contribution in [2.75, 3.05) is 0 Å². The molecule has 0 saturated carbocycles. The number of hydrogen-bond acceptors (Lipinski definition) is 2. The van der Waals surface area contributed by atoms with Gasteiger partial charge >= 0.3 is 0 Å². The van der Waals surface area contributed by atoms with Crippen molar-refractivity contribution < 1.29 is 0 Å². The molecule has 3 aromatic rings. The van der Waals surface area contributed by atoms with Crippen molar-refractivity contribution in [3.05, 3.63) is 69.0 Å². The zero-order chi connectivity index (χ0) is 13.9. The van der Waals surface area contributed by atoms with Gasteiger partial charge in [-0.1, -0.05) is 34.1 Å². The van der Waals surface area contributed by atoms with Gasteiger partial charge < -0.3 is 9.72 Å². The van der Waals surface area contributed by atoms with Gasteiger partial charge in [0, 0.05) is 34.4 Å². The van der Waals surface area contributed by atoms with Gasteiger partial charge in [-0.2, -0.15) is 0 Å². The highest BCUT2D eigenvalue weighted by atomic mass is 79.9. The van der Waals surface area contributed by atoms with Crippen LogP contribution in [0.3, 0.4) is 0 Å². The number of imidazole rings is 1. The summed E-state index contributed by atoms with van der Waals surface area (Å²) in [6.45, 7) is 1.57. The van der Waals surface area contributed by atoms with Crippen molar-refractivity contribution in [3.8, 4) is 0 Å². The molecule has 0 unspecified atom stereocenters. The van der Waals surface area contributed by atoms with E-state index >= 15 is 0 Å². The molecule has 0 aliphatic heterocycles. The lowest BCUT2D eigenvalue weighted by Gasteiger charge is -2.04. The predicted molar refractivity (Wildman–Crippen MR) is 87.6 cm³/mol. The van der Waals surface area contributed by atoms with Crippen molar-refractivity contribution in [1.29, 1.82) is 0 Å². The summed E-state index contributed by atoms with van der Waals surface area (Å²) in [6.07, 6.45) is 4.06. The summed E-state index contributed by atoms with van der Waals surface area (Å²) in [4.78, 5) is 4.58. The summed E-state index contributed by atoms with van der Waals surface area (Å²) in [6, 6.07) is 12.2. The Morgan fingerprint density at radius 3 is 2.70 bits per heavy atom. The van der Waals surface area contributed by atoms with Crippen molar-refractivity contribution in [3.63, 3.8) is 0 Å². The van der Waals surface area contributed by atoms with Gasteiger partial charge in [-0.15, -0.1) is 0 Å². The van der Waals surface area contributed by atoms with E-state index in [-0.39, 0.29) is 0 Å². The summed E-state index contributed by atoms with van der Waals surface area (Å²) in [5, 5.41) is 3.42. The molecule has 0 aliphatic carbocycles. The molecule has 0 spiro atoms. The quantitative estimate of drug-likeness (QED) is 0.720. The molecule has 2 heterocycles. The van der Waals surface area contributed by atoms with Crippen LogP contribution in [-0.2, 0) is 13.1 Å². The molecule has 102 valence electrons. The van der Waals surface area contributed by atoms with Crippen LogP contribution in [0.25, 0.3) is 5.65 Å². The van der Waals surface area contributed by atoms with Gasteiger partial charge in [0.2, 0.25) is 0 Å². The number of benzene rings is 1. The first-order chi connectivity index (χ1) is 9.72. The maximum Gasteiger partial charge on any atom is 0.137 e. The third-order valence-electron chi connectivity index (χ3n) is 3.04. The van der Waals surface area contributed by atoms with Crippen LogP contribution in [0, 0.1) is 0 Å². The second-order valence-corrected chi connectivity index (χ2v) is 6.31. The predicted octanol–water partition coefficient (Wildman–Crippen LogP) is 4.15. The summed E-state index contributed by atoms with van der Waals surface area (Å²) < 4.78 is 4.21. The number of halogens is 2. The zero-order valence-electron chi connectivity index (χ0n) is 10.7. The zero-order valence-corrected chi connectivity index (χ0v) is 13.9. The third-order valence-corrected chi connectivity index (χ3v) is 4.29. The molecule has 5 heteroatoms. The van der Waals surface area contributed by atoms with Crippen molar-refractivity contribution in [1.82, 2.24) is 14.7 Å². The maximum atomic E-state index is 4.58. The number of pyridine rings is 1. The molecule has 1 N–H and O–H groups in total. The van der Waals surface area contributed by atoms with Crippen molar-refractivity contribution in [2.24, 2.45) is 0 Å². The minimum Gasteiger partial charge on any atom is -0.307 e. The number of hydrogen-bond donors (Lipinski definition) is 1. The number of nitrogens with zero attached hydrogens (tertiary/aromatic N) is 2. The van der Waals surface area contributed by atoms with Crippen LogP contribution in [-0.4, -0.2) is 9.38 Å². The average Bonchev–Trinajstić information content (AvgIpc) is 2.83. The van der Waals surface area contributed by atoms with Gasteiger partial charge in [0.1, 0.15) is 5.65 Å². The summed E-state index contributed by atoms with van der Waals surface area (Å²) in [5.41, 5.74) is 3.25. The molecule has 0 saturated heterocycles. The molecule has 0 amide bonds. The summed E-state index contributed by atoms with van der Waals surface area (Å²) in [5.74, 6) is 0. The summed E-state index contributed by atoms with van der Waals surface area (Å²) >= 11 is 7.02. The van der Waals surface area contributed by atoms with Crippen molar-refractivity contribution in [2.45, 2.75) is 13.1 Å². The molecule has 0 atom stereocenters. The lowest BCUT2D eigenvalue weighted by atomic mass is 10.2. The van der Waals surface area contributed by atoms with Crippen LogP contribution in [0.5, 0.6) is 0 Å². The molecule has 0 bridgehead atoms. The van der Waals surface area contributed by atoms with Gasteiger partial charge in [-0.05, 0) is 39.7 Å². The molecular formula is C15H13Br2N3. The molecule has 0 fully saturated rings. The van der Waals surface area contributed by atoms with E-state index in [0.717, 1.165) is 33.4 Å². The molecule has 3 rings (SSSR count). The topological polar surface area (TPSA) is 29.3 Å². The maximum absolute atomic E-state index is 4.58. The molecule has 3 nitrogen and oxygen atoms in total. The molecule has 2 aromatic heterocycles. The highest BCUT2D eigenvalue weighted by Crippen LogP contribution is 2.16. The minimum atomic E-state index is 0.751. The van der Waals surface area contributed by atoms with E-state index in [2.05, 4.69) is 54.3 Å². The van der Waals surface area contributed by atoms with E-state index in [1.165, 1.54) is 5.56 Å². The number of fused-ring (bicyclic) bond motifs is 1. The van der Waals surface area contributed by atoms with E-state index in [1.54, 1.807) is 0 Å². The van der Waals surface area contributed by atoms with Gasteiger partial charge in [0.15, 0.2) is 0 Å². The Morgan fingerprint density at radius 2 is 1.85 bits per heavy atom. The van der Waals surface area contributed by atoms with Crippen LogP contribution < -0.4 is 5.32 Å². The van der Waals surface area contributed by atoms with Crippen LogP contribution in [0.15, 0.2) is 57.7 Å². The normalized spacial score (nSPS) is 11.1. The standard InChI is InChI=1S/C15H13Br2N3/c16-12-5-6-15-19-13(10-20(15)9-12)8-18-7-11-3-1-2-4-14(11)17/h1-6,9-10,18H,7-8H2. The monoisotopic (exact) mass is 393 g/mol. The first-order valence-electron chi connectivity index (χ1n) is 6.29. The second-order valence-electron chi connectivity index (χ2n) is 4.54. The summed E-state index contributed by atoms with van der Waals surface area (Å²) in [7, 11) is 0. The fourth-order valence-electron chi connectivity index (χ4n) is 2.07. The first-order valence-corrected chi connectivity index (χ1v) is 7.88.